The maximum absolute atomic E-state index is 13.3. The minimum atomic E-state index is -0.299. The Balaban J connectivity index is 2.02. The number of rotatable bonds is 2. The van der Waals surface area contributed by atoms with E-state index in [0.29, 0.717) is 11.3 Å². The van der Waals surface area contributed by atoms with E-state index < -0.39 is 0 Å². The van der Waals surface area contributed by atoms with Crippen molar-refractivity contribution in [1.82, 2.24) is 14.6 Å². The zero-order valence-electron chi connectivity index (χ0n) is 13.9. The molecular formula is C20H16FN3O. The molecule has 2 aromatic carbocycles. The Morgan fingerprint density at radius 3 is 2.48 bits per heavy atom. The summed E-state index contributed by atoms with van der Waals surface area (Å²) in [5, 5.41) is 3.05. The molecular weight excluding hydrogens is 317 g/mol. The molecule has 0 saturated heterocycles. The molecule has 1 N–H and O–H groups in total. The van der Waals surface area contributed by atoms with E-state index in [1.165, 1.54) is 22.7 Å². The summed E-state index contributed by atoms with van der Waals surface area (Å²) in [4.78, 5) is 17.3. The summed E-state index contributed by atoms with van der Waals surface area (Å²) in [7, 11) is 0. The van der Waals surface area contributed by atoms with Crippen LogP contribution in [0.25, 0.3) is 28.0 Å². The lowest BCUT2D eigenvalue weighted by atomic mass is 10.0. The SMILES string of the molecule is Cc1ccccc1-c1cc(=O)n2[nH]c(C)c(-c3ccc(F)cc3)c2n1. The fourth-order valence-electron chi connectivity index (χ4n) is 3.11. The van der Waals surface area contributed by atoms with Crippen molar-refractivity contribution in [1.29, 1.82) is 0 Å². The number of hydrogen-bond donors (Lipinski definition) is 1. The Hall–Kier alpha value is -3.21. The van der Waals surface area contributed by atoms with E-state index >= 15 is 0 Å². The molecule has 0 aliphatic heterocycles. The predicted octanol–water partition coefficient (Wildman–Crippen LogP) is 4.11. The third-order valence-electron chi connectivity index (χ3n) is 4.35. The highest BCUT2D eigenvalue weighted by atomic mass is 19.1. The van der Waals surface area contributed by atoms with Gasteiger partial charge in [-0.15, -0.1) is 0 Å². The number of halogens is 1. The highest BCUT2D eigenvalue weighted by Crippen LogP contribution is 2.28. The number of H-pyrrole nitrogens is 1. The van der Waals surface area contributed by atoms with Crippen LogP contribution in [-0.4, -0.2) is 14.6 Å². The molecule has 0 fully saturated rings. The number of benzene rings is 2. The molecule has 0 spiro atoms. The molecule has 0 saturated carbocycles. The van der Waals surface area contributed by atoms with Crippen molar-refractivity contribution < 1.29 is 4.39 Å². The monoisotopic (exact) mass is 333 g/mol. The lowest BCUT2D eigenvalue weighted by molar-refractivity contribution is 0.628. The van der Waals surface area contributed by atoms with E-state index in [-0.39, 0.29) is 11.4 Å². The number of aromatic nitrogens is 3. The Bertz CT molecular complexity index is 1140. The van der Waals surface area contributed by atoms with Gasteiger partial charge in [0, 0.05) is 22.9 Å². The molecule has 4 aromatic rings. The number of fused-ring (bicyclic) bond motifs is 1. The van der Waals surface area contributed by atoms with Crippen molar-refractivity contribution in [2.75, 3.05) is 0 Å². The van der Waals surface area contributed by atoms with Gasteiger partial charge < -0.3 is 0 Å². The molecule has 0 bridgehead atoms. The van der Waals surface area contributed by atoms with Crippen molar-refractivity contribution in [3.8, 4) is 22.4 Å². The first-order valence-corrected chi connectivity index (χ1v) is 7.99. The van der Waals surface area contributed by atoms with Crippen LogP contribution in [0.15, 0.2) is 59.4 Å². The Morgan fingerprint density at radius 2 is 1.76 bits per heavy atom. The molecule has 0 atom stereocenters. The topological polar surface area (TPSA) is 50.2 Å². The average molecular weight is 333 g/mol. The largest absolute Gasteiger partial charge is 0.293 e. The summed E-state index contributed by atoms with van der Waals surface area (Å²) in [5.41, 5.74) is 5.37. The second kappa shape index (κ2) is 5.70. The molecule has 0 aliphatic rings. The fraction of sp³-hybridized carbons (Fsp3) is 0.100. The molecule has 5 heteroatoms. The number of nitrogens with one attached hydrogen (secondary N) is 1. The number of hydrogen-bond acceptors (Lipinski definition) is 2. The van der Waals surface area contributed by atoms with E-state index in [1.54, 1.807) is 12.1 Å². The van der Waals surface area contributed by atoms with Crippen molar-refractivity contribution in [2.24, 2.45) is 0 Å². The van der Waals surface area contributed by atoms with Gasteiger partial charge in [-0.05, 0) is 37.1 Å². The summed E-state index contributed by atoms with van der Waals surface area (Å²) < 4.78 is 14.7. The number of nitrogens with zero attached hydrogens (tertiary/aromatic N) is 2. The third kappa shape index (κ3) is 2.54. The molecule has 124 valence electrons. The molecule has 0 radical (unpaired) electrons. The maximum atomic E-state index is 13.3. The van der Waals surface area contributed by atoms with Crippen molar-refractivity contribution in [2.45, 2.75) is 13.8 Å². The zero-order chi connectivity index (χ0) is 17.6. The van der Waals surface area contributed by atoms with Crippen LogP contribution in [0.4, 0.5) is 4.39 Å². The second-order valence-corrected chi connectivity index (χ2v) is 6.07. The van der Waals surface area contributed by atoms with Crippen molar-refractivity contribution in [3.05, 3.63) is 82.0 Å². The van der Waals surface area contributed by atoms with Gasteiger partial charge in [-0.1, -0.05) is 36.4 Å². The third-order valence-corrected chi connectivity index (χ3v) is 4.35. The van der Waals surface area contributed by atoms with E-state index in [9.17, 15) is 9.18 Å². The van der Waals surface area contributed by atoms with E-state index in [0.717, 1.165) is 27.9 Å². The Labute approximate surface area is 143 Å². The number of aromatic amines is 1. The lowest BCUT2D eigenvalue weighted by Crippen LogP contribution is -2.14. The summed E-state index contributed by atoms with van der Waals surface area (Å²) in [5.74, 6) is -0.299. The van der Waals surface area contributed by atoms with Crippen LogP contribution in [0, 0.1) is 19.7 Å². The van der Waals surface area contributed by atoms with Crippen LogP contribution in [-0.2, 0) is 0 Å². The van der Waals surface area contributed by atoms with Gasteiger partial charge in [0.2, 0.25) is 0 Å². The molecule has 4 rings (SSSR count). The fourth-order valence-corrected chi connectivity index (χ4v) is 3.11. The van der Waals surface area contributed by atoms with E-state index in [2.05, 4.69) is 5.10 Å². The minimum Gasteiger partial charge on any atom is -0.293 e. The highest BCUT2D eigenvalue weighted by Gasteiger charge is 2.15. The molecule has 25 heavy (non-hydrogen) atoms. The van der Waals surface area contributed by atoms with Crippen LogP contribution < -0.4 is 5.56 Å². The minimum absolute atomic E-state index is 0.181. The first kappa shape index (κ1) is 15.3. The predicted molar refractivity (Wildman–Crippen MR) is 96.1 cm³/mol. The number of aryl methyl sites for hydroxylation is 2. The van der Waals surface area contributed by atoms with Gasteiger partial charge in [-0.25, -0.2) is 13.9 Å². The second-order valence-electron chi connectivity index (χ2n) is 6.07. The van der Waals surface area contributed by atoms with Crippen LogP contribution in [0.3, 0.4) is 0 Å². The standard InChI is InChI=1S/C20H16FN3O/c1-12-5-3-4-6-16(12)17-11-18(25)24-20(22-17)19(13(2)23-24)14-7-9-15(21)10-8-14/h3-11,23H,1-2H3. The summed E-state index contributed by atoms with van der Waals surface area (Å²) >= 11 is 0. The normalized spacial score (nSPS) is 11.2. The molecule has 2 aromatic heterocycles. The van der Waals surface area contributed by atoms with Gasteiger partial charge in [0.25, 0.3) is 5.56 Å². The van der Waals surface area contributed by atoms with Crippen molar-refractivity contribution >= 4 is 5.65 Å². The van der Waals surface area contributed by atoms with Gasteiger partial charge in [0.1, 0.15) is 5.82 Å². The van der Waals surface area contributed by atoms with Gasteiger partial charge >= 0.3 is 0 Å². The summed E-state index contributed by atoms with van der Waals surface area (Å²) in [6, 6.07) is 15.5. The average Bonchev–Trinajstić information content (AvgIpc) is 2.93. The van der Waals surface area contributed by atoms with E-state index in [4.69, 9.17) is 4.98 Å². The first-order valence-electron chi connectivity index (χ1n) is 7.99. The van der Waals surface area contributed by atoms with Crippen molar-refractivity contribution in [3.63, 3.8) is 0 Å². The lowest BCUT2D eigenvalue weighted by Gasteiger charge is -2.06. The van der Waals surface area contributed by atoms with Gasteiger partial charge in [-0.3, -0.25) is 9.89 Å². The molecule has 0 amide bonds. The maximum Gasteiger partial charge on any atom is 0.273 e. The zero-order valence-corrected chi connectivity index (χ0v) is 13.9. The van der Waals surface area contributed by atoms with Crippen LogP contribution in [0.1, 0.15) is 11.3 Å². The van der Waals surface area contributed by atoms with Crippen LogP contribution in [0.5, 0.6) is 0 Å². The molecule has 0 unspecified atom stereocenters. The van der Waals surface area contributed by atoms with Crippen LogP contribution >= 0.6 is 0 Å². The van der Waals surface area contributed by atoms with Crippen LogP contribution in [0.2, 0.25) is 0 Å². The van der Waals surface area contributed by atoms with Gasteiger partial charge in [0.15, 0.2) is 5.65 Å². The van der Waals surface area contributed by atoms with Gasteiger partial charge in [0.05, 0.1) is 5.69 Å². The molecule has 0 aliphatic carbocycles. The summed E-state index contributed by atoms with van der Waals surface area (Å²) in [6.07, 6.45) is 0. The molecule has 4 nitrogen and oxygen atoms in total. The summed E-state index contributed by atoms with van der Waals surface area (Å²) in [6.45, 7) is 3.86. The first-order chi connectivity index (χ1) is 12.0. The Morgan fingerprint density at radius 1 is 1.04 bits per heavy atom. The molecule has 2 heterocycles. The Kier molecular flexibility index (Phi) is 3.50. The van der Waals surface area contributed by atoms with Gasteiger partial charge in [-0.2, -0.15) is 0 Å². The quantitative estimate of drug-likeness (QED) is 0.600. The smallest absolute Gasteiger partial charge is 0.273 e. The van der Waals surface area contributed by atoms with E-state index in [1.807, 2.05) is 38.1 Å². The highest BCUT2D eigenvalue weighted by molar-refractivity contribution is 5.81.